The zero-order valence-corrected chi connectivity index (χ0v) is 18.4. The van der Waals surface area contributed by atoms with Gasteiger partial charge in [0, 0.05) is 17.6 Å². The van der Waals surface area contributed by atoms with Crippen LogP contribution in [0.15, 0.2) is 42.5 Å². The van der Waals surface area contributed by atoms with Crippen molar-refractivity contribution in [2.24, 2.45) is 0 Å². The molecule has 0 radical (unpaired) electrons. The fourth-order valence-corrected chi connectivity index (χ4v) is 3.26. The fraction of sp³-hybridized carbons (Fsp3) is 0.435. The minimum Gasteiger partial charge on any atom is -0.491 e. The van der Waals surface area contributed by atoms with Crippen molar-refractivity contribution >= 4 is 17.6 Å². The standard InChI is InChI=1S/C23H28ClNO6/c1-3-28-23(27)22-14-30-21-11-16(4-9-20(21)31-22)10-15(2)25-12-18(26)13-29-19-7-5-17(24)6-8-19/h4-9,11,15,18,22,25-26H,3,10,12-14H2,1-2H3/t15-,18+,22?/m1/s1. The van der Waals surface area contributed by atoms with E-state index in [1.165, 1.54) is 0 Å². The number of nitrogens with one attached hydrogen (secondary N) is 1. The average Bonchev–Trinajstić information content (AvgIpc) is 2.77. The maximum Gasteiger partial charge on any atom is 0.350 e. The lowest BCUT2D eigenvalue weighted by Gasteiger charge is -2.25. The highest BCUT2D eigenvalue weighted by molar-refractivity contribution is 6.30. The maximum atomic E-state index is 11.8. The van der Waals surface area contributed by atoms with Gasteiger partial charge in [0.05, 0.1) is 6.61 Å². The lowest BCUT2D eigenvalue weighted by molar-refractivity contribution is -0.153. The molecule has 7 nitrogen and oxygen atoms in total. The fourth-order valence-electron chi connectivity index (χ4n) is 3.14. The van der Waals surface area contributed by atoms with E-state index in [1.54, 1.807) is 37.3 Å². The van der Waals surface area contributed by atoms with E-state index in [2.05, 4.69) is 5.32 Å². The van der Waals surface area contributed by atoms with Gasteiger partial charge in [-0.25, -0.2) is 4.79 Å². The molecule has 1 heterocycles. The lowest BCUT2D eigenvalue weighted by Crippen LogP contribution is -2.38. The molecule has 0 spiro atoms. The summed E-state index contributed by atoms with van der Waals surface area (Å²) in [5, 5.41) is 14.1. The molecular weight excluding hydrogens is 422 g/mol. The molecule has 1 aliphatic heterocycles. The number of esters is 1. The third-order valence-electron chi connectivity index (χ3n) is 4.72. The number of hydrogen-bond acceptors (Lipinski definition) is 7. The van der Waals surface area contributed by atoms with Crippen molar-refractivity contribution in [1.82, 2.24) is 5.32 Å². The Balaban J connectivity index is 1.42. The van der Waals surface area contributed by atoms with Gasteiger partial charge in [-0.3, -0.25) is 0 Å². The number of benzene rings is 2. The van der Waals surface area contributed by atoms with E-state index in [-0.39, 0.29) is 19.3 Å². The second-order valence-electron chi connectivity index (χ2n) is 7.38. The first kappa shape index (κ1) is 23.2. The number of hydrogen-bond donors (Lipinski definition) is 2. The van der Waals surface area contributed by atoms with Gasteiger partial charge in [0.25, 0.3) is 0 Å². The summed E-state index contributed by atoms with van der Waals surface area (Å²) in [6, 6.07) is 12.8. The Morgan fingerprint density at radius 3 is 2.77 bits per heavy atom. The van der Waals surface area contributed by atoms with Gasteiger partial charge >= 0.3 is 5.97 Å². The highest BCUT2D eigenvalue weighted by Crippen LogP contribution is 2.33. The molecular formula is C23H28ClNO6. The number of halogens is 1. The average molecular weight is 450 g/mol. The largest absolute Gasteiger partial charge is 0.491 e. The molecule has 0 bridgehead atoms. The third kappa shape index (κ3) is 7.02. The predicted octanol–water partition coefficient (Wildman–Crippen LogP) is 3.00. The molecule has 3 rings (SSSR count). The van der Waals surface area contributed by atoms with Crippen LogP contribution in [0.5, 0.6) is 17.2 Å². The minimum atomic E-state index is -0.740. The summed E-state index contributed by atoms with van der Waals surface area (Å²) in [5.74, 6) is 1.39. The molecule has 8 heteroatoms. The number of carbonyl (C=O) groups excluding carboxylic acids is 1. The number of rotatable bonds is 10. The van der Waals surface area contributed by atoms with Gasteiger partial charge in [0.1, 0.15) is 25.1 Å². The van der Waals surface area contributed by atoms with Crippen molar-refractivity contribution in [2.75, 3.05) is 26.4 Å². The number of aliphatic hydroxyl groups excluding tert-OH is 1. The molecule has 1 aliphatic rings. The van der Waals surface area contributed by atoms with Gasteiger partial charge in [-0.15, -0.1) is 0 Å². The van der Waals surface area contributed by atoms with Crippen molar-refractivity contribution in [3.63, 3.8) is 0 Å². The number of ether oxygens (including phenoxy) is 4. The van der Waals surface area contributed by atoms with E-state index < -0.39 is 18.2 Å². The quantitative estimate of drug-likeness (QED) is 0.539. The SMILES string of the molecule is CCOC(=O)C1COc2cc(C[C@@H](C)NC[C@H](O)COc3ccc(Cl)cc3)ccc2O1. The second-order valence-corrected chi connectivity index (χ2v) is 7.82. The molecule has 2 aromatic rings. The Bertz CT molecular complexity index is 860. The van der Waals surface area contributed by atoms with Crippen LogP contribution in [-0.4, -0.2) is 55.7 Å². The van der Waals surface area contributed by atoms with Crippen LogP contribution in [0.25, 0.3) is 0 Å². The van der Waals surface area contributed by atoms with Gasteiger partial charge in [0.2, 0.25) is 6.10 Å². The summed E-state index contributed by atoms with van der Waals surface area (Å²) in [6.07, 6.45) is -0.642. The number of aliphatic hydroxyl groups is 1. The molecule has 0 saturated carbocycles. The van der Waals surface area contributed by atoms with Crippen LogP contribution in [0.1, 0.15) is 19.4 Å². The Morgan fingerprint density at radius 1 is 1.26 bits per heavy atom. The number of fused-ring (bicyclic) bond motifs is 1. The molecule has 2 aromatic carbocycles. The minimum absolute atomic E-state index is 0.125. The van der Waals surface area contributed by atoms with Crippen molar-refractivity contribution < 1.29 is 28.8 Å². The Labute approximate surface area is 187 Å². The van der Waals surface area contributed by atoms with Crippen LogP contribution in [0.3, 0.4) is 0 Å². The molecule has 0 amide bonds. The first-order valence-corrected chi connectivity index (χ1v) is 10.7. The smallest absolute Gasteiger partial charge is 0.350 e. The van der Waals surface area contributed by atoms with Crippen LogP contribution < -0.4 is 19.5 Å². The van der Waals surface area contributed by atoms with Gasteiger partial charge < -0.3 is 29.4 Å². The summed E-state index contributed by atoms with van der Waals surface area (Å²) < 4.78 is 21.9. The van der Waals surface area contributed by atoms with E-state index in [1.807, 2.05) is 19.1 Å². The van der Waals surface area contributed by atoms with Crippen molar-refractivity contribution in [3.05, 3.63) is 53.1 Å². The molecule has 31 heavy (non-hydrogen) atoms. The van der Waals surface area contributed by atoms with Gasteiger partial charge in [-0.05, 0) is 62.2 Å². The van der Waals surface area contributed by atoms with Crippen LogP contribution in [0.4, 0.5) is 0 Å². The van der Waals surface area contributed by atoms with Gasteiger partial charge in [-0.2, -0.15) is 0 Å². The van der Waals surface area contributed by atoms with E-state index in [4.69, 9.17) is 30.5 Å². The van der Waals surface area contributed by atoms with E-state index in [0.717, 1.165) is 12.0 Å². The zero-order chi connectivity index (χ0) is 22.2. The van der Waals surface area contributed by atoms with Gasteiger partial charge in [0.15, 0.2) is 11.5 Å². The monoisotopic (exact) mass is 449 g/mol. The Morgan fingerprint density at radius 2 is 2.03 bits per heavy atom. The molecule has 0 fully saturated rings. The van der Waals surface area contributed by atoms with Crippen LogP contribution in [0.2, 0.25) is 5.02 Å². The Hall–Kier alpha value is -2.48. The highest BCUT2D eigenvalue weighted by atomic mass is 35.5. The maximum absolute atomic E-state index is 11.8. The summed E-state index contributed by atoms with van der Waals surface area (Å²) in [7, 11) is 0. The zero-order valence-electron chi connectivity index (χ0n) is 17.7. The molecule has 0 aliphatic carbocycles. The molecule has 168 valence electrons. The topological polar surface area (TPSA) is 86.3 Å². The van der Waals surface area contributed by atoms with Crippen LogP contribution >= 0.6 is 11.6 Å². The number of carbonyl (C=O) groups is 1. The van der Waals surface area contributed by atoms with Crippen LogP contribution in [0, 0.1) is 0 Å². The Kier molecular flexibility index (Phi) is 8.40. The van der Waals surface area contributed by atoms with E-state index >= 15 is 0 Å². The van der Waals surface area contributed by atoms with E-state index in [0.29, 0.717) is 35.4 Å². The first-order valence-electron chi connectivity index (χ1n) is 10.3. The molecule has 0 saturated heterocycles. The van der Waals surface area contributed by atoms with Crippen molar-refractivity contribution in [3.8, 4) is 17.2 Å². The molecule has 2 N–H and O–H groups in total. The van der Waals surface area contributed by atoms with Gasteiger partial charge in [-0.1, -0.05) is 17.7 Å². The summed E-state index contributed by atoms with van der Waals surface area (Å²) >= 11 is 5.85. The highest BCUT2D eigenvalue weighted by Gasteiger charge is 2.28. The summed E-state index contributed by atoms with van der Waals surface area (Å²) in [5.41, 5.74) is 1.06. The summed E-state index contributed by atoms with van der Waals surface area (Å²) in [4.78, 5) is 11.8. The van der Waals surface area contributed by atoms with E-state index in [9.17, 15) is 9.90 Å². The molecule has 3 atom stereocenters. The normalized spacial score (nSPS) is 17.0. The third-order valence-corrected chi connectivity index (χ3v) is 4.97. The van der Waals surface area contributed by atoms with Crippen molar-refractivity contribution in [1.29, 1.82) is 0 Å². The predicted molar refractivity (Wildman–Crippen MR) is 117 cm³/mol. The molecule has 0 aromatic heterocycles. The van der Waals surface area contributed by atoms with Crippen LogP contribution in [-0.2, 0) is 16.0 Å². The van der Waals surface area contributed by atoms with Crippen molar-refractivity contribution in [2.45, 2.75) is 38.5 Å². The second kappa shape index (κ2) is 11.2. The lowest BCUT2D eigenvalue weighted by atomic mass is 10.1. The summed E-state index contributed by atoms with van der Waals surface area (Å²) in [6.45, 7) is 4.82. The molecule has 1 unspecified atom stereocenters. The first-order chi connectivity index (χ1) is 14.9.